The minimum Gasteiger partial charge on any atom is -0.333 e. The number of carbonyl (C=O) groups excluding carboxylic acids is 2. The standard InChI is InChI=1S/C22H32N4O2/c1-8-25(21(28)15(2)3)14-20(27)23-19-13-18(22(5,6)7)24-26(19)17-11-9-16(4)10-12-17/h9-13,15H,8,14H2,1-7H3,(H,23,27). The number of benzene rings is 1. The van der Waals surface area contributed by atoms with Crippen molar-refractivity contribution in [1.82, 2.24) is 14.7 Å². The Morgan fingerprint density at radius 3 is 2.29 bits per heavy atom. The van der Waals surface area contributed by atoms with Crippen LogP contribution in [0.15, 0.2) is 30.3 Å². The normalized spacial score (nSPS) is 11.6. The van der Waals surface area contributed by atoms with Crippen molar-refractivity contribution in [2.75, 3.05) is 18.4 Å². The van der Waals surface area contributed by atoms with Crippen molar-refractivity contribution >= 4 is 17.6 Å². The zero-order valence-corrected chi connectivity index (χ0v) is 18.0. The summed E-state index contributed by atoms with van der Waals surface area (Å²) in [6.45, 7) is 14.4. The van der Waals surface area contributed by atoms with E-state index in [2.05, 4.69) is 26.1 Å². The quantitative estimate of drug-likeness (QED) is 0.821. The van der Waals surface area contributed by atoms with Crippen molar-refractivity contribution in [3.8, 4) is 5.69 Å². The Labute approximate surface area is 167 Å². The van der Waals surface area contributed by atoms with Gasteiger partial charge in [0, 0.05) is 23.9 Å². The van der Waals surface area contributed by atoms with E-state index in [1.807, 2.05) is 58.0 Å². The van der Waals surface area contributed by atoms with E-state index in [1.54, 1.807) is 9.58 Å². The molecule has 0 aliphatic rings. The lowest BCUT2D eigenvalue weighted by atomic mass is 9.92. The molecule has 0 saturated carbocycles. The molecule has 6 nitrogen and oxygen atoms in total. The molecule has 0 atom stereocenters. The summed E-state index contributed by atoms with van der Waals surface area (Å²) in [7, 11) is 0. The van der Waals surface area contributed by atoms with Gasteiger partial charge in [-0.1, -0.05) is 52.3 Å². The van der Waals surface area contributed by atoms with Gasteiger partial charge in [0.05, 0.1) is 17.9 Å². The van der Waals surface area contributed by atoms with Crippen molar-refractivity contribution < 1.29 is 9.59 Å². The average molecular weight is 385 g/mol. The lowest BCUT2D eigenvalue weighted by Gasteiger charge is -2.22. The lowest BCUT2D eigenvalue weighted by Crippen LogP contribution is -2.40. The van der Waals surface area contributed by atoms with Crippen LogP contribution in [0, 0.1) is 12.8 Å². The first-order valence-corrected chi connectivity index (χ1v) is 9.79. The fourth-order valence-electron chi connectivity index (χ4n) is 2.79. The number of amides is 2. The summed E-state index contributed by atoms with van der Waals surface area (Å²) in [6, 6.07) is 9.88. The summed E-state index contributed by atoms with van der Waals surface area (Å²) in [4.78, 5) is 26.5. The third-order valence-corrected chi connectivity index (χ3v) is 4.55. The van der Waals surface area contributed by atoms with E-state index in [1.165, 1.54) is 0 Å². The molecule has 0 unspecified atom stereocenters. The van der Waals surface area contributed by atoms with Crippen molar-refractivity contribution in [3.05, 3.63) is 41.6 Å². The maximum atomic E-state index is 12.7. The number of likely N-dealkylation sites (N-methyl/N-ethyl adjacent to an activating group) is 1. The number of aryl methyl sites for hydroxylation is 1. The average Bonchev–Trinajstić information content (AvgIpc) is 3.03. The zero-order chi connectivity index (χ0) is 21.1. The van der Waals surface area contributed by atoms with Crippen LogP contribution in [0.5, 0.6) is 0 Å². The molecule has 1 N–H and O–H groups in total. The van der Waals surface area contributed by atoms with Gasteiger partial charge in [0.1, 0.15) is 5.82 Å². The third kappa shape index (κ3) is 5.21. The highest BCUT2D eigenvalue weighted by molar-refractivity contribution is 5.94. The summed E-state index contributed by atoms with van der Waals surface area (Å²) in [5, 5.41) is 7.66. The first-order valence-electron chi connectivity index (χ1n) is 9.79. The summed E-state index contributed by atoms with van der Waals surface area (Å²) >= 11 is 0. The van der Waals surface area contributed by atoms with Gasteiger partial charge in [-0.2, -0.15) is 5.10 Å². The molecular formula is C22H32N4O2. The van der Waals surface area contributed by atoms with E-state index < -0.39 is 0 Å². The molecule has 0 spiro atoms. The number of hydrogen-bond donors (Lipinski definition) is 1. The Hall–Kier alpha value is -2.63. The fourth-order valence-corrected chi connectivity index (χ4v) is 2.79. The molecule has 0 saturated heterocycles. The van der Waals surface area contributed by atoms with Crippen molar-refractivity contribution in [1.29, 1.82) is 0 Å². The van der Waals surface area contributed by atoms with Crippen LogP contribution in [0.4, 0.5) is 5.82 Å². The number of hydrogen-bond acceptors (Lipinski definition) is 3. The molecule has 0 fully saturated rings. The summed E-state index contributed by atoms with van der Waals surface area (Å²) < 4.78 is 1.75. The van der Waals surface area contributed by atoms with E-state index in [0.717, 1.165) is 16.9 Å². The predicted octanol–water partition coefficient (Wildman–Crippen LogP) is 3.92. The van der Waals surface area contributed by atoms with Crippen LogP contribution < -0.4 is 5.32 Å². The largest absolute Gasteiger partial charge is 0.333 e. The van der Waals surface area contributed by atoms with Crippen LogP contribution in [0.25, 0.3) is 5.69 Å². The van der Waals surface area contributed by atoms with E-state index >= 15 is 0 Å². The summed E-state index contributed by atoms with van der Waals surface area (Å²) in [6.07, 6.45) is 0. The molecule has 152 valence electrons. The third-order valence-electron chi connectivity index (χ3n) is 4.55. The lowest BCUT2D eigenvalue weighted by molar-refractivity contribution is -0.137. The van der Waals surface area contributed by atoms with Crippen molar-refractivity contribution in [2.45, 2.75) is 53.9 Å². The van der Waals surface area contributed by atoms with Gasteiger partial charge in [-0.3, -0.25) is 9.59 Å². The number of nitrogens with one attached hydrogen (secondary N) is 1. The van der Waals surface area contributed by atoms with Gasteiger partial charge in [0.15, 0.2) is 0 Å². The van der Waals surface area contributed by atoms with Crippen molar-refractivity contribution in [2.24, 2.45) is 5.92 Å². The first-order chi connectivity index (χ1) is 13.0. The smallest absolute Gasteiger partial charge is 0.245 e. The fraction of sp³-hybridized carbons (Fsp3) is 0.500. The van der Waals surface area contributed by atoms with Crippen LogP contribution in [0.1, 0.15) is 52.8 Å². The molecule has 0 aliphatic carbocycles. The van der Waals surface area contributed by atoms with Crippen LogP contribution >= 0.6 is 0 Å². The SMILES string of the molecule is CCN(CC(=O)Nc1cc(C(C)(C)C)nn1-c1ccc(C)cc1)C(=O)C(C)C. The molecule has 2 amide bonds. The van der Waals surface area contributed by atoms with Gasteiger partial charge in [0.2, 0.25) is 11.8 Å². The first kappa shape index (κ1) is 21.7. The van der Waals surface area contributed by atoms with Crippen LogP contribution in [0.3, 0.4) is 0 Å². The predicted molar refractivity (Wildman–Crippen MR) is 113 cm³/mol. The van der Waals surface area contributed by atoms with Crippen molar-refractivity contribution in [3.63, 3.8) is 0 Å². The molecule has 0 bridgehead atoms. The van der Waals surface area contributed by atoms with Crippen LogP contribution in [-0.2, 0) is 15.0 Å². The Morgan fingerprint density at radius 2 is 1.79 bits per heavy atom. The minimum absolute atomic E-state index is 0.0252. The monoisotopic (exact) mass is 384 g/mol. The number of rotatable bonds is 6. The second-order valence-corrected chi connectivity index (χ2v) is 8.47. The Balaban J connectivity index is 2.30. The van der Waals surface area contributed by atoms with Gasteiger partial charge in [-0.05, 0) is 26.0 Å². The molecule has 2 rings (SSSR count). The maximum absolute atomic E-state index is 12.7. The molecule has 6 heteroatoms. The molecule has 1 aromatic heterocycles. The molecule has 28 heavy (non-hydrogen) atoms. The number of carbonyl (C=O) groups is 2. The Kier molecular flexibility index (Phi) is 6.65. The number of nitrogens with zero attached hydrogens (tertiary/aromatic N) is 3. The minimum atomic E-state index is -0.232. The highest BCUT2D eigenvalue weighted by Gasteiger charge is 2.23. The Morgan fingerprint density at radius 1 is 1.18 bits per heavy atom. The molecular weight excluding hydrogens is 352 g/mol. The number of anilines is 1. The van der Waals surface area contributed by atoms with Gasteiger partial charge in [-0.25, -0.2) is 4.68 Å². The number of aromatic nitrogens is 2. The second-order valence-electron chi connectivity index (χ2n) is 8.47. The van der Waals surface area contributed by atoms with E-state index in [4.69, 9.17) is 5.10 Å². The van der Waals surface area contributed by atoms with E-state index in [9.17, 15) is 9.59 Å². The molecule has 0 radical (unpaired) electrons. The summed E-state index contributed by atoms with van der Waals surface area (Å²) in [5.74, 6) is 0.204. The van der Waals surface area contributed by atoms with Gasteiger partial charge in [0.25, 0.3) is 0 Å². The van der Waals surface area contributed by atoms with Gasteiger partial charge in [-0.15, -0.1) is 0 Å². The van der Waals surface area contributed by atoms with Crippen LogP contribution in [-0.4, -0.2) is 39.6 Å². The van der Waals surface area contributed by atoms with E-state index in [-0.39, 0.29) is 29.7 Å². The topological polar surface area (TPSA) is 67.2 Å². The van der Waals surface area contributed by atoms with Gasteiger partial charge >= 0.3 is 0 Å². The molecule has 2 aromatic rings. The molecule has 1 aromatic carbocycles. The summed E-state index contributed by atoms with van der Waals surface area (Å²) in [5.41, 5.74) is 2.76. The van der Waals surface area contributed by atoms with Crippen LogP contribution in [0.2, 0.25) is 0 Å². The zero-order valence-electron chi connectivity index (χ0n) is 18.0. The second kappa shape index (κ2) is 8.59. The highest BCUT2D eigenvalue weighted by Crippen LogP contribution is 2.26. The molecule has 0 aliphatic heterocycles. The molecule has 1 heterocycles. The highest BCUT2D eigenvalue weighted by atomic mass is 16.2. The Bertz CT molecular complexity index is 829. The van der Waals surface area contributed by atoms with E-state index in [0.29, 0.717) is 12.4 Å². The maximum Gasteiger partial charge on any atom is 0.245 e. The van der Waals surface area contributed by atoms with Gasteiger partial charge < -0.3 is 10.2 Å².